The van der Waals surface area contributed by atoms with Gasteiger partial charge in [0, 0.05) is 17.5 Å². The number of nitrogens with zero attached hydrogens (tertiary/aromatic N) is 2. The summed E-state index contributed by atoms with van der Waals surface area (Å²) >= 11 is 1.60. The summed E-state index contributed by atoms with van der Waals surface area (Å²) in [4.78, 5) is 17.0. The Balaban J connectivity index is 1.87. The highest BCUT2D eigenvalue weighted by atomic mass is 32.2. The van der Waals surface area contributed by atoms with E-state index in [1.54, 1.807) is 22.4 Å². The predicted molar refractivity (Wildman–Crippen MR) is 99.5 cm³/mol. The summed E-state index contributed by atoms with van der Waals surface area (Å²) in [6, 6.07) is 20.1. The van der Waals surface area contributed by atoms with E-state index < -0.39 is 0 Å². The SMILES string of the molecule is Cc1ccc(Cn2c(SCc3ccccc3)nc(C)cc2=O)cc1. The molecule has 0 saturated carbocycles. The number of aromatic nitrogens is 2. The highest BCUT2D eigenvalue weighted by molar-refractivity contribution is 7.98. The maximum absolute atomic E-state index is 12.5. The van der Waals surface area contributed by atoms with Gasteiger partial charge in [0.15, 0.2) is 5.16 Å². The fourth-order valence-corrected chi connectivity index (χ4v) is 3.46. The van der Waals surface area contributed by atoms with Crippen LogP contribution in [-0.4, -0.2) is 9.55 Å². The van der Waals surface area contributed by atoms with Gasteiger partial charge in [0.1, 0.15) is 0 Å². The van der Waals surface area contributed by atoms with Crippen molar-refractivity contribution in [1.82, 2.24) is 9.55 Å². The van der Waals surface area contributed by atoms with Gasteiger partial charge in [-0.1, -0.05) is 71.9 Å². The van der Waals surface area contributed by atoms with Gasteiger partial charge in [0.05, 0.1) is 6.54 Å². The number of thioether (sulfide) groups is 1. The van der Waals surface area contributed by atoms with Gasteiger partial charge in [-0.05, 0) is 25.0 Å². The topological polar surface area (TPSA) is 34.9 Å². The molecule has 0 amide bonds. The lowest BCUT2D eigenvalue weighted by Crippen LogP contribution is -2.23. The lowest BCUT2D eigenvalue weighted by Gasteiger charge is -2.12. The molecular weight excluding hydrogens is 316 g/mol. The molecule has 0 fully saturated rings. The summed E-state index contributed by atoms with van der Waals surface area (Å²) in [6.45, 7) is 4.47. The normalized spacial score (nSPS) is 10.8. The number of benzene rings is 2. The van der Waals surface area contributed by atoms with Crippen molar-refractivity contribution in [2.24, 2.45) is 0 Å². The maximum atomic E-state index is 12.5. The molecule has 3 nitrogen and oxygen atoms in total. The molecular formula is C20H20N2OS. The Morgan fingerprint density at radius 2 is 1.67 bits per heavy atom. The van der Waals surface area contributed by atoms with Gasteiger partial charge in [-0.3, -0.25) is 9.36 Å². The van der Waals surface area contributed by atoms with Crippen LogP contribution < -0.4 is 5.56 Å². The Hall–Kier alpha value is -2.33. The van der Waals surface area contributed by atoms with Crippen LogP contribution in [0.5, 0.6) is 0 Å². The molecule has 2 aromatic carbocycles. The van der Waals surface area contributed by atoms with E-state index in [0.29, 0.717) is 6.54 Å². The standard InChI is InChI=1S/C20H20N2OS/c1-15-8-10-17(11-9-15)13-22-19(23)12-16(2)21-20(22)24-14-18-6-4-3-5-7-18/h3-12H,13-14H2,1-2H3. The number of hydrogen-bond acceptors (Lipinski definition) is 3. The summed E-state index contributed by atoms with van der Waals surface area (Å²) in [5.41, 5.74) is 4.30. The first-order valence-corrected chi connectivity index (χ1v) is 8.91. The summed E-state index contributed by atoms with van der Waals surface area (Å²) in [5.74, 6) is 0.796. The van der Waals surface area contributed by atoms with E-state index in [0.717, 1.165) is 22.2 Å². The minimum absolute atomic E-state index is 0.00126. The zero-order valence-electron chi connectivity index (χ0n) is 13.9. The quantitative estimate of drug-likeness (QED) is 0.517. The first kappa shape index (κ1) is 16.5. The Morgan fingerprint density at radius 3 is 2.38 bits per heavy atom. The third-order valence-corrected chi connectivity index (χ3v) is 4.82. The number of aryl methyl sites for hydroxylation is 2. The zero-order valence-corrected chi connectivity index (χ0v) is 14.7. The van der Waals surface area contributed by atoms with Gasteiger partial charge < -0.3 is 0 Å². The fourth-order valence-electron chi connectivity index (χ4n) is 2.45. The van der Waals surface area contributed by atoms with Crippen LogP contribution in [0.15, 0.2) is 70.6 Å². The number of rotatable bonds is 5. The van der Waals surface area contributed by atoms with Crippen LogP contribution in [0, 0.1) is 13.8 Å². The van der Waals surface area contributed by atoms with Gasteiger partial charge in [0.2, 0.25) is 0 Å². The lowest BCUT2D eigenvalue weighted by atomic mass is 10.1. The molecule has 0 saturated heterocycles. The van der Waals surface area contributed by atoms with Crippen molar-refractivity contribution in [2.45, 2.75) is 31.3 Å². The maximum Gasteiger partial charge on any atom is 0.254 e. The Labute approximate surface area is 146 Å². The molecule has 1 heterocycles. The molecule has 0 aliphatic carbocycles. The molecule has 3 aromatic rings. The lowest BCUT2D eigenvalue weighted by molar-refractivity contribution is 0.638. The molecule has 0 spiro atoms. The Bertz CT molecular complexity index is 870. The zero-order chi connectivity index (χ0) is 16.9. The minimum Gasteiger partial charge on any atom is -0.283 e. The molecule has 0 radical (unpaired) electrons. The van der Waals surface area contributed by atoms with Crippen molar-refractivity contribution in [2.75, 3.05) is 0 Å². The van der Waals surface area contributed by atoms with Gasteiger partial charge >= 0.3 is 0 Å². The molecule has 4 heteroatoms. The third-order valence-electron chi connectivity index (χ3n) is 3.77. The molecule has 0 unspecified atom stereocenters. The largest absolute Gasteiger partial charge is 0.283 e. The van der Waals surface area contributed by atoms with Gasteiger partial charge in [0.25, 0.3) is 5.56 Å². The Kier molecular flexibility index (Phi) is 5.16. The molecule has 0 N–H and O–H groups in total. The van der Waals surface area contributed by atoms with Crippen LogP contribution in [0.4, 0.5) is 0 Å². The minimum atomic E-state index is -0.00126. The summed E-state index contributed by atoms with van der Waals surface area (Å²) < 4.78 is 1.76. The second-order valence-electron chi connectivity index (χ2n) is 5.86. The van der Waals surface area contributed by atoms with E-state index in [1.165, 1.54) is 11.1 Å². The van der Waals surface area contributed by atoms with E-state index in [1.807, 2.05) is 25.1 Å². The van der Waals surface area contributed by atoms with E-state index in [9.17, 15) is 4.79 Å². The highest BCUT2D eigenvalue weighted by Gasteiger charge is 2.09. The van der Waals surface area contributed by atoms with Crippen LogP contribution in [0.3, 0.4) is 0 Å². The molecule has 0 aliphatic heterocycles. The molecule has 0 bridgehead atoms. The van der Waals surface area contributed by atoms with Crippen molar-refractivity contribution >= 4 is 11.8 Å². The first-order valence-electron chi connectivity index (χ1n) is 7.92. The summed E-state index contributed by atoms with van der Waals surface area (Å²) in [6.07, 6.45) is 0. The Morgan fingerprint density at radius 1 is 0.958 bits per heavy atom. The molecule has 0 atom stereocenters. The summed E-state index contributed by atoms with van der Waals surface area (Å²) in [5, 5.41) is 0.768. The highest BCUT2D eigenvalue weighted by Crippen LogP contribution is 2.21. The van der Waals surface area contributed by atoms with E-state index in [-0.39, 0.29) is 5.56 Å². The van der Waals surface area contributed by atoms with Gasteiger partial charge in [-0.25, -0.2) is 4.98 Å². The average molecular weight is 336 g/mol. The van der Waals surface area contributed by atoms with Crippen molar-refractivity contribution in [3.05, 3.63) is 93.4 Å². The average Bonchev–Trinajstić information content (AvgIpc) is 2.58. The second-order valence-corrected chi connectivity index (χ2v) is 6.81. The van der Waals surface area contributed by atoms with Crippen LogP contribution >= 0.6 is 11.8 Å². The van der Waals surface area contributed by atoms with Crippen LogP contribution in [0.2, 0.25) is 0 Å². The first-order chi connectivity index (χ1) is 11.6. The molecule has 122 valence electrons. The van der Waals surface area contributed by atoms with Crippen LogP contribution in [0.25, 0.3) is 0 Å². The van der Waals surface area contributed by atoms with Gasteiger partial charge in [-0.2, -0.15) is 0 Å². The summed E-state index contributed by atoms with van der Waals surface area (Å²) in [7, 11) is 0. The smallest absolute Gasteiger partial charge is 0.254 e. The molecule has 3 rings (SSSR count). The molecule has 1 aromatic heterocycles. The third kappa shape index (κ3) is 4.15. The second kappa shape index (κ2) is 7.49. The predicted octanol–water partition coefficient (Wildman–Crippen LogP) is 4.20. The van der Waals surface area contributed by atoms with Crippen molar-refractivity contribution < 1.29 is 0 Å². The van der Waals surface area contributed by atoms with Crippen LogP contribution in [0.1, 0.15) is 22.4 Å². The number of hydrogen-bond donors (Lipinski definition) is 0. The van der Waals surface area contributed by atoms with Gasteiger partial charge in [-0.15, -0.1) is 0 Å². The van der Waals surface area contributed by atoms with E-state index in [4.69, 9.17) is 0 Å². The van der Waals surface area contributed by atoms with E-state index in [2.05, 4.69) is 48.3 Å². The fraction of sp³-hybridized carbons (Fsp3) is 0.200. The van der Waals surface area contributed by atoms with Crippen molar-refractivity contribution in [3.8, 4) is 0 Å². The molecule has 0 aliphatic rings. The monoisotopic (exact) mass is 336 g/mol. The molecule has 24 heavy (non-hydrogen) atoms. The van der Waals surface area contributed by atoms with Crippen molar-refractivity contribution in [3.63, 3.8) is 0 Å². The van der Waals surface area contributed by atoms with E-state index >= 15 is 0 Å². The van der Waals surface area contributed by atoms with Crippen molar-refractivity contribution in [1.29, 1.82) is 0 Å². The van der Waals surface area contributed by atoms with Crippen LogP contribution in [-0.2, 0) is 12.3 Å².